The van der Waals surface area contributed by atoms with E-state index < -0.39 is 0 Å². The number of hydrogen-bond donors (Lipinski definition) is 1. The van der Waals surface area contributed by atoms with Crippen LogP contribution in [0.4, 0.5) is 5.69 Å². The van der Waals surface area contributed by atoms with Crippen LogP contribution in [0, 0.1) is 13.8 Å². The second-order valence-corrected chi connectivity index (χ2v) is 6.97. The zero-order chi connectivity index (χ0) is 18.1. The van der Waals surface area contributed by atoms with Gasteiger partial charge in [0.1, 0.15) is 11.3 Å². The smallest absolute Gasteiger partial charge is 0.137 e. The van der Waals surface area contributed by atoms with E-state index in [1.54, 1.807) is 0 Å². The minimum absolute atomic E-state index is 0.416. The van der Waals surface area contributed by atoms with Gasteiger partial charge >= 0.3 is 0 Å². The van der Waals surface area contributed by atoms with Gasteiger partial charge in [-0.25, -0.2) is 0 Å². The molecular formula is C22H28N2O. The van der Waals surface area contributed by atoms with Crippen LogP contribution in [0.2, 0.25) is 0 Å². The predicted molar refractivity (Wildman–Crippen MR) is 107 cm³/mol. The largest absolute Gasteiger partial charge is 0.456 e. The van der Waals surface area contributed by atoms with E-state index >= 15 is 0 Å². The van der Waals surface area contributed by atoms with Gasteiger partial charge in [0.2, 0.25) is 0 Å². The van der Waals surface area contributed by atoms with E-state index in [0.717, 1.165) is 35.5 Å². The topological polar surface area (TPSA) is 37.5 Å². The lowest BCUT2D eigenvalue weighted by atomic mass is 9.90. The van der Waals surface area contributed by atoms with Crippen LogP contribution in [0.5, 0.6) is 0 Å². The van der Waals surface area contributed by atoms with Crippen molar-refractivity contribution in [2.45, 2.75) is 47.5 Å². The van der Waals surface area contributed by atoms with Crippen LogP contribution in [0.15, 0.2) is 33.7 Å². The quantitative estimate of drug-likeness (QED) is 0.627. The van der Waals surface area contributed by atoms with Crippen LogP contribution in [0.3, 0.4) is 0 Å². The van der Waals surface area contributed by atoms with Crippen molar-refractivity contribution in [2.24, 2.45) is 4.99 Å². The fraction of sp³-hybridized carbons (Fsp3) is 0.409. The number of hydrogen-bond acceptors (Lipinski definition) is 3. The Morgan fingerprint density at radius 3 is 2.44 bits per heavy atom. The Kier molecular flexibility index (Phi) is 4.85. The van der Waals surface area contributed by atoms with Crippen LogP contribution in [-0.4, -0.2) is 13.1 Å². The van der Waals surface area contributed by atoms with Gasteiger partial charge in [0, 0.05) is 41.9 Å². The van der Waals surface area contributed by atoms with Crippen molar-refractivity contribution in [3.8, 4) is 11.3 Å². The first-order valence-electron chi connectivity index (χ1n) is 9.22. The normalized spacial score (nSPS) is 12.5. The number of rotatable bonds is 4. The first kappa shape index (κ1) is 17.5. The molecule has 3 heteroatoms. The molecule has 3 nitrogen and oxygen atoms in total. The van der Waals surface area contributed by atoms with E-state index in [4.69, 9.17) is 4.42 Å². The van der Waals surface area contributed by atoms with Crippen molar-refractivity contribution in [3.05, 3.63) is 46.3 Å². The summed E-state index contributed by atoms with van der Waals surface area (Å²) >= 11 is 0. The van der Waals surface area contributed by atoms with Gasteiger partial charge in [0.25, 0.3) is 0 Å². The zero-order valence-electron chi connectivity index (χ0n) is 16.2. The maximum atomic E-state index is 6.32. The average Bonchev–Trinajstić information content (AvgIpc) is 2.55. The fourth-order valence-electron chi connectivity index (χ4n) is 3.56. The number of anilines is 1. The standard InChI is InChI=1S/C22H28N2O/c1-7-23-18-11-20-16(9-14(18)5)22(13(3)4)17-10-15(6)19(24-8-2)12-21(17)25-20/h9-13,23H,7-8H2,1-6H3. The van der Waals surface area contributed by atoms with E-state index in [1.807, 2.05) is 0 Å². The Balaban J connectivity index is 2.43. The fourth-order valence-corrected chi connectivity index (χ4v) is 3.56. The second kappa shape index (κ2) is 6.91. The molecule has 0 saturated carbocycles. The molecule has 0 radical (unpaired) electrons. The summed E-state index contributed by atoms with van der Waals surface area (Å²) in [7, 11) is 0. The highest BCUT2D eigenvalue weighted by Crippen LogP contribution is 2.39. The van der Waals surface area contributed by atoms with E-state index in [2.05, 4.69) is 76.1 Å². The molecule has 0 spiro atoms. The van der Waals surface area contributed by atoms with Gasteiger partial charge in [-0.1, -0.05) is 13.8 Å². The molecule has 3 rings (SSSR count). The Morgan fingerprint density at radius 2 is 1.80 bits per heavy atom. The lowest BCUT2D eigenvalue weighted by Gasteiger charge is -2.20. The molecule has 0 fully saturated rings. The maximum absolute atomic E-state index is 6.32. The molecule has 25 heavy (non-hydrogen) atoms. The predicted octanol–water partition coefficient (Wildman–Crippen LogP) is 5.63. The molecule has 0 aromatic heterocycles. The van der Waals surface area contributed by atoms with Gasteiger partial charge in [-0.15, -0.1) is 0 Å². The highest BCUT2D eigenvalue weighted by atomic mass is 16.3. The first-order valence-corrected chi connectivity index (χ1v) is 9.22. The van der Waals surface area contributed by atoms with Crippen molar-refractivity contribution in [2.75, 3.05) is 18.4 Å². The molecule has 2 aliphatic rings. The molecule has 1 aromatic carbocycles. The molecule has 0 saturated heterocycles. The SMILES string of the molecule is CCN=c1cc2oc3cc(NCC)c(C)cc3c(C(C)C)c-2cc1C. The number of benzene rings is 2. The zero-order valence-corrected chi connectivity index (χ0v) is 16.2. The average molecular weight is 336 g/mol. The monoisotopic (exact) mass is 336 g/mol. The van der Waals surface area contributed by atoms with E-state index in [9.17, 15) is 0 Å². The van der Waals surface area contributed by atoms with Gasteiger partial charge in [-0.05, 0) is 62.4 Å². The van der Waals surface area contributed by atoms with E-state index in [0.29, 0.717) is 5.92 Å². The summed E-state index contributed by atoms with van der Waals surface area (Å²) in [5.41, 5.74) is 7.08. The highest BCUT2D eigenvalue weighted by molar-refractivity contribution is 5.91. The Hall–Kier alpha value is -2.29. The van der Waals surface area contributed by atoms with Crippen molar-refractivity contribution in [1.82, 2.24) is 0 Å². The second-order valence-electron chi connectivity index (χ2n) is 6.97. The van der Waals surface area contributed by atoms with Gasteiger partial charge in [-0.3, -0.25) is 4.99 Å². The molecule has 0 atom stereocenters. The summed E-state index contributed by atoms with van der Waals surface area (Å²) in [5, 5.41) is 5.66. The molecular weight excluding hydrogens is 308 g/mol. The molecule has 1 aliphatic heterocycles. The Labute approximate surface area is 150 Å². The lowest BCUT2D eigenvalue weighted by molar-refractivity contribution is 0.613. The van der Waals surface area contributed by atoms with E-state index in [-0.39, 0.29) is 0 Å². The summed E-state index contributed by atoms with van der Waals surface area (Å²) in [6, 6.07) is 8.71. The van der Waals surface area contributed by atoms with Crippen LogP contribution in [0.25, 0.3) is 22.3 Å². The number of nitrogens with one attached hydrogen (secondary N) is 1. The van der Waals surface area contributed by atoms with Crippen LogP contribution >= 0.6 is 0 Å². The molecule has 1 aromatic rings. The van der Waals surface area contributed by atoms with Crippen molar-refractivity contribution in [3.63, 3.8) is 0 Å². The van der Waals surface area contributed by atoms with Crippen LogP contribution in [0.1, 0.15) is 50.3 Å². The molecule has 132 valence electrons. The third kappa shape index (κ3) is 3.15. The van der Waals surface area contributed by atoms with Gasteiger partial charge in [-0.2, -0.15) is 0 Å². The van der Waals surface area contributed by atoms with Crippen LogP contribution in [-0.2, 0) is 0 Å². The number of nitrogens with zero attached hydrogens (tertiary/aromatic N) is 1. The van der Waals surface area contributed by atoms with E-state index in [1.165, 1.54) is 27.6 Å². The molecule has 0 bridgehead atoms. The van der Waals surface area contributed by atoms with Crippen molar-refractivity contribution < 1.29 is 4.42 Å². The maximum Gasteiger partial charge on any atom is 0.137 e. The van der Waals surface area contributed by atoms with Crippen LogP contribution < -0.4 is 10.7 Å². The third-order valence-electron chi connectivity index (χ3n) is 4.70. The number of aryl methyl sites for hydroxylation is 2. The Bertz CT molecular complexity index is 950. The summed E-state index contributed by atoms with van der Waals surface area (Å²) in [6.45, 7) is 14.6. The van der Waals surface area contributed by atoms with Crippen molar-refractivity contribution in [1.29, 1.82) is 0 Å². The molecule has 1 heterocycles. The summed E-state index contributed by atoms with van der Waals surface area (Å²) in [5.74, 6) is 1.33. The van der Waals surface area contributed by atoms with Gasteiger partial charge in [0.15, 0.2) is 0 Å². The van der Waals surface area contributed by atoms with Gasteiger partial charge in [0.05, 0.1) is 5.36 Å². The highest BCUT2D eigenvalue weighted by Gasteiger charge is 2.19. The minimum Gasteiger partial charge on any atom is -0.456 e. The Morgan fingerprint density at radius 1 is 1.04 bits per heavy atom. The lowest BCUT2D eigenvalue weighted by Crippen LogP contribution is -2.10. The molecule has 1 N–H and O–H groups in total. The molecule has 0 unspecified atom stereocenters. The summed E-state index contributed by atoms with van der Waals surface area (Å²) < 4.78 is 6.32. The first-order chi connectivity index (χ1) is 12.0. The van der Waals surface area contributed by atoms with Gasteiger partial charge < -0.3 is 9.73 Å². The third-order valence-corrected chi connectivity index (χ3v) is 4.70. The molecule has 0 amide bonds. The minimum atomic E-state index is 0.416. The van der Waals surface area contributed by atoms with Crippen molar-refractivity contribution >= 4 is 16.7 Å². The molecule has 1 aliphatic carbocycles. The number of fused-ring (bicyclic) bond motifs is 2. The summed E-state index contributed by atoms with van der Waals surface area (Å²) in [6.07, 6.45) is 0. The summed E-state index contributed by atoms with van der Waals surface area (Å²) in [4.78, 5) is 4.60.